The average molecular weight is 160 g/mol. The Morgan fingerprint density at radius 2 is 2.36 bits per heavy atom. The van der Waals surface area contributed by atoms with E-state index in [2.05, 4.69) is 5.32 Å². The van der Waals surface area contributed by atoms with E-state index in [1.54, 1.807) is 7.11 Å². The van der Waals surface area contributed by atoms with E-state index in [-0.39, 0.29) is 12.1 Å². The number of hydrogen-bond acceptors (Lipinski definition) is 3. The topological polar surface area (TPSA) is 64.3 Å². The van der Waals surface area contributed by atoms with Crippen LogP contribution in [0.25, 0.3) is 0 Å². The second-order valence-corrected chi connectivity index (χ2v) is 2.30. The number of carbonyl (C=O) groups is 1. The molecule has 0 rings (SSSR count). The van der Waals surface area contributed by atoms with Crippen LogP contribution >= 0.6 is 0 Å². The number of nitrogens with one attached hydrogen (secondary N) is 1. The third-order valence-corrected chi connectivity index (χ3v) is 1.40. The lowest BCUT2D eigenvalue weighted by Gasteiger charge is -2.13. The number of primary amides is 1. The fourth-order valence-electron chi connectivity index (χ4n) is 0.751. The first-order chi connectivity index (χ1) is 5.20. The third-order valence-electron chi connectivity index (χ3n) is 1.40. The van der Waals surface area contributed by atoms with Gasteiger partial charge in [0.25, 0.3) is 0 Å². The highest BCUT2D eigenvalue weighted by atomic mass is 16.5. The molecule has 0 aromatic rings. The molecule has 0 aliphatic heterocycles. The summed E-state index contributed by atoms with van der Waals surface area (Å²) >= 11 is 0. The van der Waals surface area contributed by atoms with E-state index in [0.29, 0.717) is 13.0 Å². The minimum absolute atomic E-state index is 0.0364. The van der Waals surface area contributed by atoms with Gasteiger partial charge in [0.1, 0.15) is 6.23 Å². The Morgan fingerprint density at radius 3 is 2.73 bits per heavy atom. The van der Waals surface area contributed by atoms with Gasteiger partial charge in [-0.15, -0.1) is 0 Å². The summed E-state index contributed by atoms with van der Waals surface area (Å²) in [5, 5.41) is 3.03. The van der Waals surface area contributed by atoms with Crippen LogP contribution in [-0.4, -0.2) is 25.8 Å². The summed E-state index contributed by atoms with van der Waals surface area (Å²) in [6.07, 6.45) is 1.28. The van der Waals surface area contributed by atoms with Crippen molar-refractivity contribution in [2.75, 3.05) is 13.7 Å². The van der Waals surface area contributed by atoms with E-state index in [1.807, 2.05) is 6.92 Å². The van der Waals surface area contributed by atoms with Crippen molar-refractivity contribution in [3.05, 3.63) is 0 Å². The minimum Gasteiger partial charge on any atom is -0.370 e. The largest absolute Gasteiger partial charge is 0.370 e. The zero-order valence-electron chi connectivity index (χ0n) is 7.09. The van der Waals surface area contributed by atoms with E-state index in [9.17, 15) is 4.79 Å². The molecule has 0 aromatic heterocycles. The molecule has 4 nitrogen and oxygen atoms in total. The highest BCUT2D eigenvalue weighted by Gasteiger charge is 2.02. The zero-order chi connectivity index (χ0) is 8.69. The molecule has 11 heavy (non-hydrogen) atoms. The summed E-state index contributed by atoms with van der Waals surface area (Å²) in [6, 6.07) is 0. The van der Waals surface area contributed by atoms with Crippen LogP contribution in [0.1, 0.15) is 19.8 Å². The van der Waals surface area contributed by atoms with Crippen molar-refractivity contribution < 1.29 is 9.53 Å². The van der Waals surface area contributed by atoms with Gasteiger partial charge >= 0.3 is 0 Å². The molecule has 1 unspecified atom stereocenters. The average Bonchev–Trinajstić information content (AvgIpc) is 1.98. The molecule has 0 aliphatic carbocycles. The lowest BCUT2D eigenvalue weighted by atomic mass is 10.3. The van der Waals surface area contributed by atoms with Gasteiger partial charge < -0.3 is 10.5 Å². The van der Waals surface area contributed by atoms with Gasteiger partial charge in [-0.25, -0.2) is 0 Å². The van der Waals surface area contributed by atoms with Gasteiger partial charge in [0, 0.05) is 20.1 Å². The van der Waals surface area contributed by atoms with Gasteiger partial charge in [-0.3, -0.25) is 10.1 Å². The van der Waals surface area contributed by atoms with E-state index in [4.69, 9.17) is 10.5 Å². The normalized spacial score (nSPS) is 12.9. The Kier molecular flexibility index (Phi) is 5.78. The van der Waals surface area contributed by atoms with Gasteiger partial charge in [0.2, 0.25) is 5.91 Å². The van der Waals surface area contributed by atoms with Gasteiger partial charge in [-0.2, -0.15) is 0 Å². The maximum atomic E-state index is 10.3. The highest BCUT2D eigenvalue weighted by Crippen LogP contribution is 1.90. The molecule has 3 N–H and O–H groups in total. The fourth-order valence-corrected chi connectivity index (χ4v) is 0.751. The third kappa shape index (κ3) is 5.82. The van der Waals surface area contributed by atoms with Crippen LogP contribution < -0.4 is 11.1 Å². The van der Waals surface area contributed by atoms with Crippen LogP contribution in [0, 0.1) is 0 Å². The van der Waals surface area contributed by atoms with Crippen molar-refractivity contribution in [1.82, 2.24) is 5.32 Å². The Balaban J connectivity index is 3.28. The molecule has 1 atom stereocenters. The number of hydrogen-bond donors (Lipinski definition) is 2. The Hall–Kier alpha value is -0.610. The predicted octanol–water partition coefficient (Wildman–Crippen LogP) is -0.166. The van der Waals surface area contributed by atoms with E-state index in [0.717, 1.165) is 6.42 Å². The number of ether oxygens (including phenoxy) is 1. The molecule has 0 saturated heterocycles. The van der Waals surface area contributed by atoms with Crippen molar-refractivity contribution in [3.8, 4) is 0 Å². The van der Waals surface area contributed by atoms with E-state index < -0.39 is 0 Å². The number of rotatable bonds is 6. The van der Waals surface area contributed by atoms with E-state index in [1.165, 1.54) is 0 Å². The Labute approximate surface area is 67.1 Å². The molecule has 0 aliphatic rings. The van der Waals surface area contributed by atoms with Crippen molar-refractivity contribution in [2.45, 2.75) is 26.0 Å². The first kappa shape index (κ1) is 10.4. The van der Waals surface area contributed by atoms with Crippen LogP contribution in [0.3, 0.4) is 0 Å². The standard InChI is InChI=1S/C7H16N2O2/c1-3-7(11-2)9-5-4-6(8)10/h7,9H,3-5H2,1-2H3,(H2,8,10). The van der Waals surface area contributed by atoms with Crippen molar-refractivity contribution >= 4 is 5.91 Å². The predicted molar refractivity (Wildman–Crippen MR) is 42.9 cm³/mol. The summed E-state index contributed by atoms with van der Waals surface area (Å²) in [5.74, 6) is -0.288. The quantitative estimate of drug-likeness (QED) is 0.530. The Morgan fingerprint density at radius 1 is 1.73 bits per heavy atom. The first-order valence-electron chi connectivity index (χ1n) is 3.75. The lowest BCUT2D eigenvalue weighted by Crippen LogP contribution is -2.32. The number of carbonyl (C=O) groups excluding carboxylic acids is 1. The molecule has 66 valence electrons. The van der Waals surface area contributed by atoms with Gasteiger partial charge in [0.05, 0.1) is 0 Å². The summed E-state index contributed by atoms with van der Waals surface area (Å²) in [6.45, 7) is 2.59. The second-order valence-electron chi connectivity index (χ2n) is 2.30. The smallest absolute Gasteiger partial charge is 0.218 e. The van der Waals surface area contributed by atoms with Gasteiger partial charge in [0.15, 0.2) is 0 Å². The molecule has 0 spiro atoms. The molecule has 4 heteroatoms. The van der Waals surface area contributed by atoms with Crippen LogP contribution in [0.2, 0.25) is 0 Å². The molecule has 0 heterocycles. The fraction of sp³-hybridized carbons (Fsp3) is 0.857. The molecule has 0 bridgehead atoms. The van der Waals surface area contributed by atoms with E-state index >= 15 is 0 Å². The first-order valence-corrected chi connectivity index (χ1v) is 3.75. The van der Waals surface area contributed by atoms with Crippen molar-refractivity contribution in [2.24, 2.45) is 5.73 Å². The number of methoxy groups -OCH3 is 1. The summed E-state index contributed by atoms with van der Waals surface area (Å²) < 4.78 is 5.02. The molecule has 0 radical (unpaired) electrons. The van der Waals surface area contributed by atoms with Gasteiger partial charge in [-0.05, 0) is 6.42 Å². The summed E-state index contributed by atoms with van der Waals surface area (Å²) in [5.41, 5.74) is 4.94. The molecule has 0 fully saturated rings. The zero-order valence-corrected chi connectivity index (χ0v) is 7.09. The molecule has 0 aromatic carbocycles. The molecular formula is C7H16N2O2. The number of nitrogens with two attached hydrogens (primary N) is 1. The highest BCUT2D eigenvalue weighted by molar-refractivity contribution is 5.73. The van der Waals surface area contributed by atoms with Crippen LogP contribution in [0.4, 0.5) is 0 Å². The summed E-state index contributed by atoms with van der Waals surface area (Å²) in [4.78, 5) is 10.3. The summed E-state index contributed by atoms with van der Waals surface area (Å²) in [7, 11) is 1.63. The Bertz CT molecular complexity index is 113. The number of amides is 1. The van der Waals surface area contributed by atoms with Crippen LogP contribution in [-0.2, 0) is 9.53 Å². The maximum absolute atomic E-state index is 10.3. The second kappa shape index (κ2) is 6.12. The molecule has 1 amide bonds. The molecular weight excluding hydrogens is 144 g/mol. The maximum Gasteiger partial charge on any atom is 0.218 e. The molecule has 0 saturated carbocycles. The van der Waals surface area contributed by atoms with Crippen LogP contribution in [0.15, 0.2) is 0 Å². The SMILES string of the molecule is CCC(NCCC(N)=O)OC. The lowest BCUT2D eigenvalue weighted by molar-refractivity contribution is -0.118. The monoisotopic (exact) mass is 160 g/mol. The minimum atomic E-state index is -0.288. The van der Waals surface area contributed by atoms with Crippen LogP contribution in [0.5, 0.6) is 0 Å². The van der Waals surface area contributed by atoms with Crippen molar-refractivity contribution in [3.63, 3.8) is 0 Å². The van der Waals surface area contributed by atoms with Crippen molar-refractivity contribution in [1.29, 1.82) is 0 Å². The van der Waals surface area contributed by atoms with Gasteiger partial charge in [-0.1, -0.05) is 6.92 Å².